The Balaban J connectivity index is 1.51. The molecule has 2 unspecified atom stereocenters. The van der Waals surface area contributed by atoms with E-state index in [-0.39, 0.29) is 23.1 Å². The highest BCUT2D eigenvalue weighted by molar-refractivity contribution is 7.99. The highest BCUT2D eigenvalue weighted by Gasteiger charge is 2.47. The minimum Gasteiger partial charge on any atom is -0.380 e. The van der Waals surface area contributed by atoms with E-state index >= 15 is 0 Å². The molecule has 1 aliphatic carbocycles. The Morgan fingerprint density at radius 2 is 1.88 bits per heavy atom. The van der Waals surface area contributed by atoms with Gasteiger partial charge >= 0.3 is 6.18 Å². The number of anilines is 1. The Morgan fingerprint density at radius 1 is 1.18 bits per heavy atom. The summed E-state index contributed by atoms with van der Waals surface area (Å²) < 4.78 is 42.0. The summed E-state index contributed by atoms with van der Waals surface area (Å²) >= 11 is 1.74. The van der Waals surface area contributed by atoms with E-state index in [2.05, 4.69) is 36.3 Å². The monoisotopic (exact) mass is 477 g/mol. The number of aromatic nitrogens is 1. The van der Waals surface area contributed by atoms with Gasteiger partial charge in [0.25, 0.3) is 0 Å². The first-order valence-corrected chi connectivity index (χ1v) is 12.5. The summed E-state index contributed by atoms with van der Waals surface area (Å²) in [5, 5.41) is 3.46. The average Bonchev–Trinajstić information content (AvgIpc) is 3.04. The maximum atomic E-state index is 14.0. The number of nitrogens with one attached hydrogen (secondary N) is 1. The van der Waals surface area contributed by atoms with Gasteiger partial charge in [-0.15, -0.1) is 0 Å². The first kappa shape index (κ1) is 23.9. The van der Waals surface area contributed by atoms with Crippen LogP contribution in [-0.4, -0.2) is 46.6 Å². The molecule has 2 aliphatic rings. The van der Waals surface area contributed by atoms with Crippen LogP contribution in [0, 0.1) is 5.92 Å². The average molecular weight is 478 g/mol. The molecule has 4 rings (SSSR count). The molecule has 0 bridgehead atoms. The highest BCUT2D eigenvalue weighted by atomic mass is 32.2. The van der Waals surface area contributed by atoms with Crippen LogP contribution >= 0.6 is 11.8 Å². The molecule has 178 valence electrons. The fraction of sp³-hybridized carbons (Fsp3) is 0.520. The smallest absolute Gasteiger partial charge is 0.380 e. The third kappa shape index (κ3) is 4.86. The molecule has 0 spiro atoms. The second-order valence-corrected chi connectivity index (χ2v) is 10.8. The van der Waals surface area contributed by atoms with E-state index in [1.165, 1.54) is 30.4 Å². The van der Waals surface area contributed by atoms with Gasteiger partial charge in [0.15, 0.2) is 6.04 Å². The van der Waals surface area contributed by atoms with Crippen LogP contribution in [0.25, 0.3) is 0 Å². The van der Waals surface area contributed by atoms with Gasteiger partial charge < -0.3 is 10.2 Å². The quantitative estimate of drug-likeness (QED) is 0.609. The lowest BCUT2D eigenvalue weighted by Gasteiger charge is -2.33. The molecule has 0 saturated carbocycles. The van der Waals surface area contributed by atoms with Crippen LogP contribution in [0.15, 0.2) is 42.6 Å². The molecule has 2 aromatic rings. The van der Waals surface area contributed by atoms with Gasteiger partial charge in [-0.05, 0) is 54.0 Å². The fourth-order valence-corrected chi connectivity index (χ4v) is 6.13. The Kier molecular flexibility index (Phi) is 6.67. The van der Waals surface area contributed by atoms with Gasteiger partial charge in [-0.25, -0.2) is 0 Å². The van der Waals surface area contributed by atoms with E-state index in [9.17, 15) is 18.0 Å². The molecule has 2 atom stereocenters. The van der Waals surface area contributed by atoms with Gasteiger partial charge in [0.05, 0.1) is 17.6 Å². The summed E-state index contributed by atoms with van der Waals surface area (Å²) in [7, 11) is 1.24. The Labute approximate surface area is 197 Å². The van der Waals surface area contributed by atoms with Crippen LogP contribution in [-0.2, 0) is 16.6 Å². The van der Waals surface area contributed by atoms with E-state index in [0.717, 1.165) is 22.8 Å². The lowest BCUT2D eigenvalue weighted by Crippen LogP contribution is -2.43. The van der Waals surface area contributed by atoms with Crippen LogP contribution in [0.1, 0.15) is 49.6 Å². The second-order valence-electron chi connectivity index (χ2n) is 9.53. The maximum absolute atomic E-state index is 14.0. The SMILES string of the molecule is CN(C(=O)C1CCSCC1)C(c1ccc(NC2Cc3ccccc3C2(C)C)cn1)C(F)(F)F. The minimum absolute atomic E-state index is 0.106. The number of benzene rings is 1. The molecule has 4 nitrogen and oxygen atoms in total. The number of halogens is 3. The predicted molar refractivity (Wildman–Crippen MR) is 126 cm³/mol. The van der Waals surface area contributed by atoms with E-state index in [1.807, 2.05) is 12.1 Å². The summed E-state index contributed by atoms with van der Waals surface area (Å²) in [6.07, 6.45) is -1.08. The zero-order valence-electron chi connectivity index (χ0n) is 19.2. The third-order valence-corrected chi connectivity index (χ3v) is 8.08. The lowest BCUT2D eigenvalue weighted by atomic mass is 9.83. The van der Waals surface area contributed by atoms with Gasteiger partial charge in [-0.1, -0.05) is 38.1 Å². The normalized spacial score (nSPS) is 21.3. The van der Waals surface area contributed by atoms with Gasteiger partial charge in [0.1, 0.15) is 0 Å². The third-order valence-electron chi connectivity index (χ3n) is 7.03. The molecule has 1 aromatic heterocycles. The van der Waals surface area contributed by atoms with Crippen molar-refractivity contribution in [1.82, 2.24) is 9.88 Å². The molecule has 1 aromatic carbocycles. The number of pyridine rings is 1. The van der Waals surface area contributed by atoms with Crippen molar-refractivity contribution >= 4 is 23.4 Å². The molecular weight excluding hydrogens is 447 g/mol. The van der Waals surface area contributed by atoms with Crippen molar-refractivity contribution < 1.29 is 18.0 Å². The van der Waals surface area contributed by atoms with E-state index < -0.39 is 18.1 Å². The summed E-state index contributed by atoms with van der Waals surface area (Å²) in [5.41, 5.74) is 2.95. The first-order valence-electron chi connectivity index (χ1n) is 11.3. The minimum atomic E-state index is -4.61. The first-order chi connectivity index (χ1) is 15.6. The number of hydrogen-bond acceptors (Lipinski definition) is 4. The number of carbonyl (C=O) groups excluding carboxylic acids is 1. The molecule has 2 heterocycles. The number of fused-ring (bicyclic) bond motifs is 1. The van der Waals surface area contributed by atoms with Crippen molar-refractivity contribution in [2.24, 2.45) is 5.92 Å². The molecule has 1 amide bonds. The Hall–Kier alpha value is -2.22. The Bertz CT molecular complexity index is 987. The summed E-state index contributed by atoms with van der Waals surface area (Å²) in [6, 6.07) is 9.37. The van der Waals surface area contributed by atoms with Crippen LogP contribution in [0.3, 0.4) is 0 Å². The molecule has 1 saturated heterocycles. The van der Waals surface area contributed by atoms with E-state index in [0.29, 0.717) is 18.5 Å². The van der Waals surface area contributed by atoms with Crippen molar-refractivity contribution in [3.8, 4) is 0 Å². The number of nitrogens with zero attached hydrogens (tertiary/aromatic N) is 2. The van der Waals surface area contributed by atoms with Gasteiger partial charge in [0, 0.05) is 24.4 Å². The lowest BCUT2D eigenvalue weighted by molar-refractivity contribution is -0.191. The summed E-state index contributed by atoms with van der Waals surface area (Å²) in [4.78, 5) is 17.8. The largest absolute Gasteiger partial charge is 0.414 e. The number of alkyl halides is 3. The molecule has 33 heavy (non-hydrogen) atoms. The van der Waals surface area contributed by atoms with Gasteiger partial charge in [0.2, 0.25) is 5.91 Å². The number of thioether (sulfide) groups is 1. The van der Waals surface area contributed by atoms with Crippen LogP contribution in [0.2, 0.25) is 0 Å². The van der Waals surface area contributed by atoms with Crippen molar-refractivity contribution in [3.63, 3.8) is 0 Å². The van der Waals surface area contributed by atoms with Gasteiger partial charge in [-0.3, -0.25) is 9.78 Å². The van der Waals surface area contributed by atoms with Crippen molar-refractivity contribution in [2.75, 3.05) is 23.9 Å². The molecule has 1 aliphatic heterocycles. The Morgan fingerprint density at radius 3 is 2.48 bits per heavy atom. The van der Waals surface area contributed by atoms with Crippen molar-refractivity contribution in [3.05, 3.63) is 59.4 Å². The number of carbonyl (C=O) groups is 1. The van der Waals surface area contributed by atoms with Crippen molar-refractivity contribution in [1.29, 1.82) is 0 Å². The number of amides is 1. The van der Waals surface area contributed by atoms with Crippen LogP contribution < -0.4 is 5.32 Å². The zero-order valence-corrected chi connectivity index (χ0v) is 20.0. The molecule has 1 N–H and O–H groups in total. The molecular formula is C25H30F3N3OS. The fourth-order valence-electron chi connectivity index (χ4n) is 5.02. The number of rotatable bonds is 5. The topological polar surface area (TPSA) is 45.2 Å². The zero-order chi connectivity index (χ0) is 23.8. The van der Waals surface area contributed by atoms with E-state index in [1.54, 1.807) is 17.8 Å². The summed E-state index contributed by atoms with van der Waals surface area (Å²) in [5.74, 6) is 0.808. The van der Waals surface area contributed by atoms with Crippen LogP contribution in [0.4, 0.5) is 18.9 Å². The van der Waals surface area contributed by atoms with E-state index in [4.69, 9.17) is 0 Å². The molecule has 0 radical (unpaired) electrons. The molecule has 1 fully saturated rings. The maximum Gasteiger partial charge on any atom is 0.414 e. The number of hydrogen-bond donors (Lipinski definition) is 1. The van der Waals surface area contributed by atoms with Crippen molar-refractivity contribution in [2.45, 2.75) is 56.8 Å². The second kappa shape index (κ2) is 9.20. The predicted octanol–water partition coefficient (Wildman–Crippen LogP) is 5.60. The standard InChI is InChI=1S/C25H30F3N3OS/c1-24(2)19-7-5-4-6-17(19)14-21(24)30-18-8-9-20(29-15-18)22(25(26,27)28)31(3)23(32)16-10-12-33-13-11-16/h4-9,15-16,21-22,30H,10-14H2,1-3H3. The van der Waals surface area contributed by atoms with Gasteiger partial charge in [-0.2, -0.15) is 24.9 Å². The summed E-state index contributed by atoms with van der Waals surface area (Å²) in [6.45, 7) is 4.34. The highest BCUT2D eigenvalue weighted by Crippen LogP contribution is 2.41. The molecule has 8 heteroatoms. The van der Waals surface area contributed by atoms with Crippen LogP contribution in [0.5, 0.6) is 0 Å².